The Balaban J connectivity index is 1.78. The van der Waals surface area contributed by atoms with Gasteiger partial charge in [-0.3, -0.25) is 4.79 Å². The first-order valence-electron chi connectivity index (χ1n) is 7.53. The number of hydrogen-bond acceptors (Lipinski definition) is 3. The zero-order chi connectivity index (χ0) is 12.8. The van der Waals surface area contributed by atoms with E-state index in [-0.39, 0.29) is 0 Å². The van der Waals surface area contributed by atoms with Crippen molar-refractivity contribution in [1.82, 2.24) is 9.80 Å². The van der Waals surface area contributed by atoms with Gasteiger partial charge in [-0.1, -0.05) is 0 Å². The highest BCUT2D eigenvalue weighted by Gasteiger charge is 2.25. The summed E-state index contributed by atoms with van der Waals surface area (Å²) >= 11 is 0. The molecule has 2 aliphatic heterocycles. The van der Waals surface area contributed by atoms with Crippen LogP contribution in [0, 0.1) is 0 Å². The van der Waals surface area contributed by atoms with Gasteiger partial charge < -0.3 is 15.5 Å². The van der Waals surface area contributed by atoms with Gasteiger partial charge in [-0.05, 0) is 58.2 Å². The molecule has 2 saturated heterocycles. The smallest absolute Gasteiger partial charge is 0.222 e. The van der Waals surface area contributed by atoms with E-state index in [1.807, 2.05) is 0 Å². The average Bonchev–Trinajstić information content (AvgIpc) is 2.80. The van der Waals surface area contributed by atoms with E-state index in [0.717, 1.165) is 38.4 Å². The maximum Gasteiger partial charge on any atom is 0.222 e. The van der Waals surface area contributed by atoms with Gasteiger partial charge >= 0.3 is 0 Å². The van der Waals surface area contributed by atoms with Crippen molar-refractivity contribution in [3.8, 4) is 0 Å². The lowest BCUT2D eigenvalue weighted by atomic mass is 10.1. The van der Waals surface area contributed by atoms with Crippen molar-refractivity contribution in [1.29, 1.82) is 0 Å². The summed E-state index contributed by atoms with van der Waals surface area (Å²) in [7, 11) is 0. The van der Waals surface area contributed by atoms with E-state index >= 15 is 0 Å². The summed E-state index contributed by atoms with van der Waals surface area (Å²) in [6.45, 7) is 5.06. The van der Waals surface area contributed by atoms with Crippen molar-refractivity contribution in [2.24, 2.45) is 5.73 Å². The quantitative estimate of drug-likeness (QED) is 0.819. The number of likely N-dealkylation sites (tertiary alicyclic amines) is 2. The molecule has 0 aromatic rings. The molecule has 2 aliphatic rings. The molecule has 0 saturated carbocycles. The van der Waals surface area contributed by atoms with E-state index < -0.39 is 0 Å². The molecular formula is C14H27N3O. The first-order valence-corrected chi connectivity index (χ1v) is 7.53. The fraction of sp³-hybridized carbons (Fsp3) is 0.929. The van der Waals surface area contributed by atoms with Gasteiger partial charge in [0.15, 0.2) is 0 Å². The van der Waals surface area contributed by atoms with Gasteiger partial charge in [0.1, 0.15) is 0 Å². The summed E-state index contributed by atoms with van der Waals surface area (Å²) in [6.07, 6.45) is 7.76. The molecule has 18 heavy (non-hydrogen) atoms. The molecule has 0 bridgehead atoms. The lowest BCUT2D eigenvalue weighted by Gasteiger charge is -2.26. The summed E-state index contributed by atoms with van der Waals surface area (Å²) in [6, 6.07) is 0.722. The predicted molar refractivity (Wildman–Crippen MR) is 73.3 cm³/mol. The third kappa shape index (κ3) is 3.69. The Bertz CT molecular complexity index is 264. The number of rotatable bonds is 4. The molecule has 1 atom stereocenters. The molecule has 0 aromatic heterocycles. The van der Waals surface area contributed by atoms with Crippen molar-refractivity contribution in [3.05, 3.63) is 0 Å². The molecule has 2 rings (SSSR count). The van der Waals surface area contributed by atoms with Crippen molar-refractivity contribution >= 4 is 5.91 Å². The van der Waals surface area contributed by atoms with E-state index in [4.69, 9.17) is 5.73 Å². The molecule has 2 fully saturated rings. The maximum atomic E-state index is 12.0. The molecule has 4 heteroatoms. The highest BCUT2D eigenvalue weighted by molar-refractivity contribution is 5.76. The largest absolute Gasteiger partial charge is 0.343 e. The lowest BCUT2D eigenvalue weighted by molar-refractivity contribution is -0.131. The number of amides is 1. The molecule has 0 spiro atoms. The molecule has 2 heterocycles. The molecule has 0 aromatic carbocycles. The second kappa shape index (κ2) is 7.10. The fourth-order valence-corrected chi connectivity index (χ4v) is 3.21. The van der Waals surface area contributed by atoms with Crippen LogP contribution >= 0.6 is 0 Å². The summed E-state index contributed by atoms with van der Waals surface area (Å²) in [5, 5.41) is 0. The highest BCUT2D eigenvalue weighted by Crippen LogP contribution is 2.21. The minimum absolute atomic E-state index is 0.308. The number of carbonyl (C=O) groups is 1. The Kier molecular flexibility index (Phi) is 5.45. The van der Waals surface area contributed by atoms with Crippen LogP contribution < -0.4 is 5.73 Å². The van der Waals surface area contributed by atoms with Crippen molar-refractivity contribution in [2.45, 2.75) is 51.0 Å². The Labute approximate surface area is 110 Å². The standard InChI is InChI=1S/C14H27N3O/c15-8-3-6-14(18)17-11-4-5-13(7-12-17)16-9-1-2-10-16/h13H,1-12,15H2. The summed E-state index contributed by atoms with van der Waals surface area (Å²) in [5.41, 5.74) is 5.46. The SMILES string of the molecule is NCCCC(=O)N1CCCC(N2CCCC2)CC1. The molecular weight excluding hydrogens is 226 g/mol. The van der Waals surface area contributed by atoms with E-state index in [2.05, 4.69) is 9.80 Å². The predicted octanol–water partition coefficient (Wildman–Crippen LogP) is 1.20. The normalized spacial score (nSPS) is 26.3. The van der Waals surface area contributed by atoms with Crippen molar-refractivity contribution in [2.75, 3.05) is 32.7 Å². The molecule has 1 unspecified atom stereocenters. The van der Waals surface area contributed by atoms with Crippen LogP contribution in [0.1, 0.15) is 44.9 Å². The Morgan fingerprint density at radius 3 is 2.56 bits per heavy atom. The van der Waals surface area contributed by atoms with Crippen molar-refractivity contribution in [3.63, 3.8) is 0 Å². The highest BCUT2D eigenvalue weighted by atomic mass is 16.2. The lowest BCUT2D eigenvalue weighted by Crippen LogP contribution is -2.35. The minimum Gasteiger partial charge on any atom is -0.343 e. The molecule has 0 aliphatic carbocycles. The summed E-state index contributed by atoms with van der Waals surface area (Å²) < 4.78 is 0. The van der Waals surface area contributed by atoms with Crippen LogP contribution in [0.2, 0.25) is 0 Å². The van der Waals surface area contributed by atoms with E-state index in [0.29, 0.717) is 18.9 Å². The first kappa shape index (κ1) is 13.8. The van der Waals surface area contributed by atoms with E-state index in [1.165, 1.54) is 32.4 Å². The molecule has 2 N–H and O–H groups in total. The van der Waals surface area contributed by atoms with Gasteiger partial charge in [0.25, 0.3) is 0 Å². The average molecular weight is 253 g/mol. The van der Waals surface area contributed by atoms with Gasteiger partial charge in [0, 0.05) is 25.6 Å². The second-order valence-corrected chi connectivity index (χ2v) is 5.60. The van der Waals surface area contributed by atoms with Gasteiger partial charge in [-0.15, -0.1) is 0 Å². The van der Waals surface area contributed by atoms with Crippen LogP contribution in [0.4, 0.5) is 0 Å². The number of nitrogens with zero attached hydrogens (tertiary/aromatic N) is 2. The van der Waals surface area contributed by atoms with Crippen LogP contribution in [0.25, 0.3) is 0 Å². The van der Waals surface area contributed by atoms with Gasteiger partial charge in [0.2, 0.25) is 5.91 Å². The van der Waals surface area contributed by atoms with Crippen LogP contribution in [-0.2, 0) is 4.79 Å². The molecule has 4 nitrogen and oxygen atoms in total. The maximum absolute atomic E-state index is 12.0. The number of nitrogens with two attached hydrogens (primary N) is 1. The summed E-state index contributed by atoms with van der Waals surface area (Å²) in [5.74, 6) is 0.308. The third-order valence-electron chi connectivity index (χ3n) is 4.30. The zero-order valence-corrected chi connectivity index (χ0v) is 11.4. The summed E-state index contributed by atoms with van der Waals surface area (Å²) in [4.78, 5) is 16.7. The van der Waals surface area contributed by atoms with Gasteiger partial charge in [0.05, 0.1) is 0 Å². The van der Waals surface area contributed by atoms with E-state index in [1.54, 1.807) is 0 Å². The van der Waals surface area contributed by atoms with Crippen LogP contribution in [0.5, 0.6) is 0 Å². The van der Waals surface area contributed by atoms with Crippen LogP contribution in [-0.4, -0.2) is 54.5 Å². The fourth-order valence-electron chi connectivity index (χ4n) is 3.21. The topological polar surface area (TPSA) is 49.6 Å². The second-order valence-electron chi connectivity index (χ2n) is 5.60. The monoisotopic (exact) mass is 253 g/mol. The van der Waals surface area contributed by atoms with Gasteiger partial charge in [-0.2, -0.15) is 0 Å². The molecule has 0 radical (unpaired) electrons. The zero-order valence-electron chi connectivity index (χ0n) is 11.4. The Hall–Kier alpha value is -0.610. The molecule has 104 valence electrons. The van der Waals surface area contributed by atoms with Crippen molar-refractivity contribution < 1.29 is 4.79 Å². The third-order valence-corrected chi connectivity index (χ3v) is 4.30. The molecule has 1 amide bonds. The Morgan fingerprint density at radius 1 is 1.06 bits per heavy atom. The van der Waals surface area contributed by atoms with Crippen LogP contribution in [0.3, 0.4) is 0 Å². The minimum atomic E-state index is 0.308. The number of hydrogen-bond donors (Lipinski definition) is 1. The Morgan fingerprint density at radius 2 is 1.83 bits per heavy atom. The first-order chi connectivity index (χ1) is 8.81. The van der Waals surface area contributed by atoms with Crippen LogP contribution in [0.15, 0.2) is 0 Å². The van der Waals surface area contributed by atoms with Gasteiger partial charge in [-0.25, -0.2) is 0 Å². The van der Waals surface area contributed by atoms with E-state index in [9.17, 15) is 4.79 Å². The number of carbonyl (C=O) groups excluding carboxylic acids is 1.